The van der Waals surface area contributed by atoms with Crippen LogP contribution in [0.15, 0.2) is 17.2 Å². The van der Waals surface area contributed by atoms with Crippen molar-refractivity contribution in [3.8, 4) is 11.8 Å². The van der Waals surface area contributed by atoms with Crippen molar-refractivity contribution in [2.24, 2.45) is 5.10 Å². The lowest BCUT2D eigenvalue weighted by molar-refractivity contribution is 0.467. The minimum Gasteiger partial charge on any atom is -0.506 e. The van der Waals surface area contributed by atoms with Crippen LogP contribution in [0, 0.1) is 18.5 Å². The van der Waals surface area contributed by atoms with Gasteiger partial charge >= 0.3 is 0 Å². The first-order valence-electron chi connectivity index (χ1n) is 4.46. The van der Waals surface area contributed by atoms with Crippen molar-refractivity contribution in [2.75, 3.05) is 6.54 Å². The summed E-state index contributed by atoms with van der Waals surface area (Å²) in [5.74, 6) is 0.302. The number of phenols is 1. The highest BCUT2D eigenvalue weighted by molar-refractivity contribution is 14.1. The molecule has 0 unspecified atom stereocenters. The molecular weight excluding hydrogens is 432 g/mol. The Hall–Kier alpha value is -0.560. The lowest BCUT2D eigenvalue weighted by Crippen LogP contribution is -2.06. The quantitative estimate of drug-likeness (QED) is 0.327. The van der Waals surface area contributed by atoms with E-state index in [2.05, 4.69) is 55.7 Å². The molecule has 1 aromatic carbocycles. The molecule has 0 spiro atoms. The van der Waals surface area contributed by atoms with E-state index >= 15 is 0 Å². The molecule has 0 saturated heterocycles. The van der Waals surface area contributed by atoms with Gasteiger partial charge in [0.1, 0.15) is 5.75 Å². The Morgan fingerprint density at radius 1 is 1.44 bits per heavy atom. The highest BCUT2D eigenvalue weighted by atomic mass is 127. The van der Waals surface area contributed by atoms with Crippen molar-refractivity contribution in [1.29, 1.82) is 5.26 Å². The minimum absolute atomic E-state index is 0.302. The highest BCUT2D eigenvalue weighted by Gasteiger charge is 2.03. The van der Waals surface area contributed by atoms with Crippen molar-refractivity contribution in [3.05, 3.63) is 24.8 Å². The van der Waals surface area contributed by atoms with Gasteiger partial charge in [0.05, 0.1) is 25.8 Å². The van der Waals surface area contributed by atoms with E-state index in [1.165, 1.54) is 0 Å². The number of benzene rings is 1. The molecule has 0 aliphatic rings. The molecule has 0 bridgehead atoms. The molecule has 4 nitrogen and oxygen atoms in total. The van der Waals surface area contributed by atoms with E-state index in [-0.39, 0.29) is 0 Å². The number of nitrogens with zero attached hydrogens (tertiary/aromatic N) is 2. The van der Waals surface area contributed by atoms with Crippen molar-refractivity contribution in [2.45, 2.75) is 6.42 Å². The van der Waals surface area contributed by atoms with Crippen LogP contribution in [0.3, 0.4) is 0 Å². The van der Waals surface area contributed by atoms with E-state index in [1.54, 1.807) is 6.21 Å². The summed E-state index contributed by atoms with van der Waals surface area (Å²) in [5, 5.41) is 21.9. The van der Waals surface area contributed by atoms with Crippen LogP contribution in [0.4, 0.5) is 0 Å². The SMILES string of the molecule is N#CCCN/N=C/c1cc(I)c(O)c(I)c1. The summed E-state index contributed by atoms with van der Waals surface area (Å²) in [5.41, 5.74) is 3.68. The van der Waals surface area contributed by atoms with Crippen molar-refractivity contribution < 1.29 is 5.11 Å². The molecular formula is C10H9I2N3O. The number of phenolic OH excluding ortho intramolecular Hbond substituents is 1. The first-order valence-corrected chi connectivity index (χ1v) is 6.61. The zero-order valence-corrected chi connectivity index (χ0v) is 12.6. The first kappa shape index (κ1) is 13.5. The summed E-state index contributed by atoms with van der Waals surface area (Å²) < 4.78 is 1.59. The Bertz CT molecular complexity index is 417. The van der Waals surface area contributed by atoms with Crippen molar-refractivity contribution in [3.63, 3.8) is 0 Å². The van der Waals surface area contributed by atoms with Gasteiger partial charge in [-0.3, -0.25) is 0 Å². The summed E-state index contributed by atoms with van der Waals surface area (Å²) in [6, 6.07) is 5.70. The van der Waals surface area contributed by atoms with Gasteiger partial charge < -0.3 is 10.5 Å². The van der Waals surface area contributed by atoms with Crippen LogP contribution in [-0.2, 0) is 0 Å². The molecule has 0 fully saturated rings. The smallest absolute Gasteiger partial charge is 0.142 e. The maximum Gasteiger partial charge on any atom is 0.142 e. The summed E-state index contributed by atoms with van der Waals surface area (Å²) in [4.78, 5) is 0. The summed E-state index contributed by atoms with van der Waals surface area (Å²) in [6.07, 6.45) is 2.10. The molecule has 0 aliphatic carbocycles. The summed E-state index contributed by atoms with van der Waals surface area (Å²) >= 11 is 4.14. The fourth-order valence-electron chi connectivity index (χ4n) is 0.956. The second-order valence-electron chi connectivity index (χ2n) is 2.91. The number of rotatable bonds is 4. The van der Waals surface area contributed by atoms with E-state index in [0.29, 0.717) is 18.7 Å². The molecule has 1 aromatic rings. The molecule has 0 aliphatic heterocycles. The molecule has 0 amide bonds. The number of hydrogen-bond acceptors (Lipinski definition) is 4. The number of hydrazone groups is 1. The number of aromatic hydroxyl groups is 1. The van der Waals surface area contributed by atoms with Gasteiger partial charge in [0.25, 0.3) is 0 Å². The van der Waals surface area contributed by atoms with Crippen molar-refractivity contribution in [1.82, 2.24) is 5.43 Å². The molecule has 0 saturated carbocycles. The maximum absolute atomic E-state index is 9.56. The van der Waals surface area contributed by atoms with Gasteiger partial charge in [-0.15, -0.1) is 0 Å². The monoisotopic (exact) mass is 441 g/mol. The second kappa shape index (κ2) is 6.90. The van der Waals surface area contributed by atoms with Crippen LogP contribution < -0.4 is 5.43 Å². The molecule has 16 heavy (non-hydrogen) atoms. The van der Waals surface area contributed by atoms with Gasteiger partial charge in [0, 0.05) is 6.54 Å². The van der Waals surface area contributed by atoms with E-state index in [4.69, 9.17) is 5.26 Å². The van der Waals surface area contributed by atoms with Crippen LogP contribution in [-0.4, -0.2) is 17.9 Å². The lowest BCUT2D eigenvalue weighted by Gasteiger charge is -2.02. The molecule has 0 atom stereocenters. The third-order valence-electron chi connectivity index (χ3n) is 1.69. The Morgan fingerprint density at radius 2 is 2.06 bits per heavy atom. The minimum atomic E-state index is 0.302. The van der Waals surface area contributed by atoms with Crippen LogP contribution in [0.5, 0.6) is 5.75 Å². The Morgan fingerprint density at radius 3 is 2.62 bits per heavy atom. The fourth-order valence-corrected chi connectivity index (χ4v) is 2.77. The van der Waals surface area contributed by atoms with Crippen molar-refractivity contribution >= 4 is 51.4 Å². The summed E-state index contributed by atoms with van der Waals surface area (Å²) in [7, 11) is 0. The predicted molar refractivity (Wildman–Crippen MR) is 79.4 cm³/mol. The topological polar surface area (TPSA) is 68.4 Å². The van der Waals surface area contributed by atoms with Crippen LogP contribution in [0.25, 0.3) is 0 Å². The van der Waals surface area contributed by atoms with E-state index in [1.807, 2.05) is 18.2 Å². The van der Waals surface area contributed by atoms with Gasteiger partial charge in [-0.25, -0.2) is 0 Å². The largest absolute Gasteiger partial charge is 0.506 e. The number of halogens is 2. The number of nitrogens with one attached hydrogen (secondary N) is 1. The van der Waals surface area contributed by atoms with E-state index < -0.39 is 0 Å². The van der Waals surface area contributed by atoms with Gasteiger partial charge in [-0.05, 0) is 62.9 Å². The normalized spacial score (nSPS) is 10.3. The zero-order valence-electron chi connectivity index (χ0n) is 8.24. The third-order valence-corrected chi connectivity index (χ3v) is 3.34. The van der Waals surface area contributed by atoms with Crippen LogP contribution in [0.1, 0.15) is 12.0 Å². The molecule has 0 aromatic heterocycles. The van der Waals surface area contributed by atoms with Gasteiger partial charge in [-0.2, -0.15) is 10.4 Å². The Balaban J connectivity index is 2.65. The maximum atomic E-state index is 9.56. The standard InChI is InChI=1S/C10H9I2N3O/c11-8-4-7(5-9(12)10(8)16)6-15-14-3-1-2-13/h4-6,14,16H,1,3H2/b15-6+. The third kappa shape index (κ3) is 4.13. The first-order chi connectivity index (χ1) is 7.65. The predicted octanol–water partition coefficient (Wildman–Crippen LogP) is 2.44. The van der Waals surface area contributed by atoms with Gasteiger partial charge in [0.2, 0.25) is 0 Å². The van der Waals surface area contributed by atoms with E-state index in [0.717, 1.165) is 12.7 Å². The molecule has 0 heterocycles. The molecule has 1 rings (SSSR count). The number of hydrogen-bond donors (Lipinski definition) is 2. The van der Waals surface area contributed by atoms with Crippen LogP contribution in [0.2, 0.25) is 0 Å². The lowest BCUT2D eigenvalue weighted by atomic mass is 10.2. The average molecular weight is 441 g/mol. The van der Waals surface area contributed by atoms with Gasteiger partial charge in [-0.1, -0.05) is 0 Å². The Labute approximate surface area is 121 Å². The Kier molecular flexibility index (Phi) is 5.83. The average Bonchev–Trinajstić information content (AvgIpc) is 2.25. The molecule has 84 valence electrons. The number of nitriles is 1. The molecule has 6 heteroatoms. The van der Waals surface area contributed by atoms with Crippen LogP contribution >= 0.6 is 45.2 Å². The zero-order chi connectivity index (χ0) is 12.0. The van der Waals surface area contributed by atoms with Gasteiger partial charge in [0.15, 0.2) is 0 Å². The summed E-state index contributed by atoms with van der Waals surface area (Å²) in [6.45, 7) is 0.541. The second-order valence-corrected chi connectivity index (χ2v) is 5.23. The highest BCUT2D eigenvalue weighted by Crippen LogP contribution is 2.26. The molecule has 2 N–H and O–H groups in total. The van der Waals surface area contributed by atoms with E-state index in [9.17, 15) is 5.11 Å². The fraction of sp³-hybridized carbons (Fsp3) is 0.200. The molecule has 0 radical (unpaired) electrons.